The van der Waals surface area contributed by atoms with Crippen molar-refractivity contribution < 1.29 is 4.79 Å². The van der Waals surface area contributed by atoms with Crippen molar-refractivity contribution in [3.8, 4) is 11.3 Å². The number of amides is 1. The maximum Gasteiger partial charge on any atom is 0.274 e. The van der Waals surface area contributed by atoms with E-state index in [0.29, 0.717) is 17.7 Å². The van der Waals surface area contributed by atoms with Crippen LogP contribution in [-0.2, 0) is 13.0 Å². The van der Waals surface area contributed by atoms with Gasteiger partial charge in [-0.2, -0.15) is 0 Å². The van der Waals surface area contributed by atoms with Crippen LogP contribution < -0.4 is 16.4 Å². The smallest absolute Gasteiger partial charge is 0.274 e. The normalized spacial score (nSPS) is 24.8. The lowest BCUT2D eigenvalue weighted by molar-refractivity contribution is 0.0618. The Hall–Kier alpha value is -3.29. The summed E-state index contributed by atoms with van der Waals surface area (Å²) in [6.45, 7) is 3.94. The molecular formula is C28H32N6O. The van der Waals surface area contributed by atoms with Gasteiger partial charge in [-0.3, -0.25) is 4.79 Å². The second-order valence-corrected chi connectivity index (χ2v) is 10.1. The Balaban J connectivity index is 1.16. The molecule has 7 rings (SSSR count). The monoisotopic (exact) mass is 468 g/mol. The lowest BCUT2D eigenvalue weighted by atomic mass is 9.84. The number of benzene rings is 2. The summed E-state index contributed by atoms with van der Waals surface area (Å²) < 4.78 is 0. The first-order valence-electron chi connectivity index (χ1n) is 12.7. The Morgan fingerprint density at radius 2 is 1.94 bits per heavy atom. The number of aromatic nitrogens is 2. The molecule has 1 unspecified atom stereocenters. The molecule has 3 fully saturated rings. The molecule has 2 aromatic carbocycles. The quantitative estimate of drug-likeness (QED) is 0.514. The fourth-order valence-electron chi connectivity index (χ4n) is 5.92. The van der Waals surface area contributed by atoms with Gasteiger partial charge in [-0.05, 0) is 67.4 Å². The van der Waals surface area contributed by atoms with Crippen molar-refractivity contribution in [1.29, 1.82) is 0 Å². The van der Waals surface area contributed by atoms with E-state index in [-0.39, 0.29) is 23.5 Å². The van der Waals surface area contributed by atoms with Crippen molar-refractivity contribution >= 4 is 11.7 Å². The van der Waals surface area contributed by atoms with Crippen LogP contribution >= 0.6 is 0 Å². The summed E-state index contributed by atoms with van der Waals surface area (Å²) in [7, 11) is 0. The van der Waals surface area contributed by atoms with Crippen molar-refractivity contribution in [1.82, 2.24) is 25.5 Å². The number of piperidine rings is 3. The molecule has 0 radical (unpaired) electrons. The molecule has 1 amide bonds. The Kier molecular flexibility index (Phi) is 5.96. The second kappa shape index (κ2) is 9.40. The maximum atomic E-state index is 13.1. The zero-order chi connectivity index (χ0) is 23.8. The van der Waals surface area contributed by atoms with E-state index in [2.05, 4.69) is 61.9 Å². The second-order valence-electron chi connectivity index (χ2n) is 10.1. The first kappa shape index (κ1) is 22.2. The highest BCUT2D eigenvalue weighted by Gasteiger charge is 2.35. The highest BCUT2D eigenvalue weighted by Crippen LogP contribution is 2.31. The van der Waals surface area contributed by atoms with Gasteiger partial charge >= 0.3 is 0 Å². The highest BCUT2D eigenvalue weighted by atomic mass is 16.2. The number of hydrogen-bond donors (Lipinski definition) is 3. The minimum absolute atomic E-state index is 0.157. The lowest BCUT2D eigenvalue weighted by Gasteiger charge is -2.44. The van der Waals surface area contributed by atoms with E-state index in [0.717, 1.165) is 57.4 Å². The van der Waals surface area contributed by atoms with Gasteiger partial charge in [0.25, 0.3) is 5.91 Å². The number of anilines is 1. The zero-order valence-electron chi connectivity index (χ0n) is 19.9. The molecule has 180 valence electrons. The van der Waals surface area contributed by atoms with Crippen LogP contribution in [0.25, 0.3) is 11.3 Å². The summed E-state index contributed by atoms with van der Waals surface area (Å²) >= 11 is 0. The Morgan fingerprint density at radius 1 is 1.09 bits per heavy atom. The summed E-state index contributed by atoms with van der Waals surface area (Å²) in [4.78, 5) is 24.5. The third kappa shape index (κ3) is 4.54. The standard InChI is InChI=1S/C28H32N6O/c29-27-26(28(35)33-25-17-34-12-10-20(25)11-13-34)32-24(16-31-27)21-6-3-4-18(14-21)15-30-23-9-8-19-5-1-2-7-22(19)23/h1-7,14,16,20,23,25,30H,8-13,15,17H2,(H2,29,31)(H,33,35)/t23-,25?/m0/s1. The number of rotatable bonds is 6. The highest BCUT2D eigenvalue weighted by molar-refractivity contribution is 5.97. The summed E-state index contributed by atoms with van der Waals surface area (Å²) in [5.74, 6) is 0.482. The van der Waals surface area contributed by atoms with Crippen LogP contribution in [0.15, 0.2) is 54.7 Å². The number of nitrogens with one attached hydrogen (secondary N) is 2. The van der Waals surface area contributed by atoms with Gasteiger partial charge in [0.2, 0.25) is 0 Å². The summed E-state index contributed by atoms with van der Waals surface area (Å²) in [6, 6.07) is 17.5. The van der Waals surface area contributed by atoms with Crippen molar-refractivity contribution in [2.75, 3.05) is 25.4 Å². The molecule has 7 heteroatoms. The van der Waals surface area contributed by atoms with Gasteiger partial charge < -0.3 is 21.3 Å². The number of nitrogens with zero attached hydrogens (tertiary/aromatic N) is 3. The molecule has 3 aromatic rings. The van der Waals surface area contributed by atoms with Gasteiger partial charge in [0.05, 0.1) is 11.9 Å². The molecule has 1 aromatic heterocycles. The molecule has 0 spiro atoms. The number of nitrogens with two attached hydrogens (primary N) is 1. The number of fused-ring (bicyclic) bond motifs is 4. The molecule has 2 bridgehead atoms. The first-order valence-corrected chi connectivity index (χ1v) is 12.7. The predicted molar refractivity (Wildman–Crippen MR) is 137 cm³/mol. The van der Waals surface area contributed by atoms with Gasteiger partial charge in [0.15, 0.2) is 11.5 Å². The van der Waals surface area contributed by atoms with Crippen LogP contribution in [0.5, 0.6) is 0 Å². The third-order valence-electron chi connectivity index (χ3n) is 7.90. The third-order valence-corrected chi connectivity index (χ3v) is 7.90. The topological polar surface area (TPSA) is 96.2 Å². The lowest BCUT2D eigenvalue weighted by Crippen LogP contribution is -2.57. The summed E-state index contributed by atoms with van der Waals surface area (Å²) in [5.41, 5.74) is 11.9. The minimum atomic E-state index is -0.228. The molecule has 1 aliphatic carbocycles. The van der Waals surface area contributed by atoms with E-state index in [4.69, 9.17) is 5.73 Å². The summed E-state index contributed by atoms with van der Waals surface area (Å²) in [6.07, 6.45) is 6.18. The van der Waals surface area contributed by atoms with E-state index in [1.165, 1.54) is 16.7 Å². The number of nitrogen functional groups attached to an aromatic ring is 1. The zero-order valence-corrected chi connectivity index (χ0v) is 19.9. The van der Waals surface area contributed by atoms with E-state index in [9.17, 15) is 4.79 Å². The SMILES string of the molecule is Nc1ncc(-c2cccc(CN[C@H]3CCc4ccccc43)c2)nc1C(=O)NC1CN2CCC1CC2. The fraction of sp³-hybridized carbons (Fsp3) is 0.393. The van der Waals surface area contributed by atoms with E-state index in [1.54, 1.807) is 6.20 Å². The van der Waals surface area contributed by atoms with Gasteiger partial charge in [0.1, 0.15) is 0 Å². The first-order chi connectivity index (χ1) is 17.1. The molecule has 2 atom stereocenters. The van der Waals surface area contributed by atoms with Crippen LogP contribution in [0.4, 0.5) is 5.82 Å². The number of aryl methyl sites for hydroxylation is 1. The van der Waals surface area contributed by atoms with Gasteiger partial charge in [-0.15, -0.1) is 0 Å². The molecule has 4 heterocycles. The van der Waals surface area contributed by atoms with Gasteiger partial charge in [-0.25, -0.2) is 9.97 Å². The molecule has 4 N–H and O–H groups in total. The van der Waals surface area contributed by atoms with Gasteiger partial charge in [-0.1, -0.05) is 42.5 Å². The number of carbonyl (C=O) groups excluding carboxylic acids is 1. The van der Waals surface area contributed by atoms with E-state index >= 15 is 0 Å². The molecule has 3 saturated heterocycles. The average molecular weight is 469 g/mol. The van der Waals surface area contributed by atoms with Crippen LogP contribution in [-0.4, -0.2) is 46.5 Å². The van der Waals surface area contributed by atoms with Crippen molar-refractivity contribution in [3.63, 3.8) is 0 Å². The van der Waals surface area contributed by atoms with Crippen LogP contribution in [0.2, 0.25) is 0 Å². The molecule has 0 saturated carbocycles. The number of hydrogen-bond acceptors (Lipinski definition) is 6. The molecule has 4 aliphatic rings. The minimum Gasteiger partial charge on any atom is -0.382 e. The maximum absolute atomic E-state index is 13.1. The summed E-state index contributed by atoms with van der Waals surface area (Å²) in [5, 5.41) is 6.89. The van der Waals surface area contributed by atoms with E-state index in [1.807, 2.05) is 12.1 Å². The van der Waals surface area contributed by atoms with Crippen LogP contribution in [0.1, 0.15) is 52.5 Å². The van der Waals surface area contributed by atoms with Gasteiger partial charge in [0, 0.05) is 30.7 Å². The molecular weight excluding hydrogens is 436 g/mol. The Bertz CT molecular complexity index is 1240. The predicted octanol–water partition coefficient (Wildman–Crippen LogP) is 3.33. The Labute approximate surface area is 206 Å². The van der Waals surface area contributed by atoms with Crippen LogP contribution in [0, 0.1) is 5.92 Å². The number of carbonyl (C=O) groups is 1. The Morgan fingerprint density at radius 3 is 2.77 bits per heavy atom. The largest absolute Gasteiger partial charge is 0.382 e. The van der Waals surface area contributed by atoms with Crippen molar-refractivity contribution in [3.05, 3.63) is 77.1 Å². The fourth-order valence-corrected chi connectivity index (χ4v) is 5.92. The van der Waals surface area contributed by atoms with E-state index < -0.39 is 0 Å². The molecule has 35 heavy (non-hydrogen) atoms. The molecule has 3 aliphatic heterocycles. The van der Waals surface area contributed by atoms with Crippen LogP contribution in [0.3, 0.4) is 0 Å². The van der Waals surface area contributed by atoms with Crippen molar-refractivity contribution in [2.24, 2.45) is 5.92 Å². The average Bonchev–Trinajstić information content (AvgIpc) is 3.32. The van der Waals surface area contributed by atoms with Crippen molar-refractivity contribution in [2.45, 2.75) is 44.3 Å². The molecule has 7 nitrogen and oxygen atoms in total.